The molecule has 0 radical (unpaired) electrons. The van der Waals surface area contributed by atoms with Crippen molar-refractivity contribution in [3.05, 3.63) is 10.1 Å². The first-order chi connectivity index (χ1) is 6.58. The molecule has 0 bridgehead atoms. The number of nitro groups is 1. The van der Waals surface area contributed by atoms with E-state index in [1.54, 1.807) is 4.90 Å². The first kappa shape index (κ1) is 10.6. The topological polar surface area (TPSA) is 71.1 Å². The zero-order chi connectivity index (χ0) is 10.6. The highest BCUT2D eigenvalue weighted by atomic mass is 16.6. The maximum atomic E-state index is 10.3. The predicted octanol–water partition coefficient (Wildman–Crippen LogP) is 0.414. The van der Waals surface area contributed by atoms with Crippen molar-refractivity contribution in [1.29, 1.82) is 0 Å². The number of aliphatic imine (C=N–C) groups is 2. The van der Waals surface area contributed by atoms with E-state index in [-0.39, 0.29) is 12.6 Å². The Kier molecular flexibility index (Phi) is 3.55. The third-order valence-corrected chi connectivity index (χ3v) is 1.59. The molecule has 0 aromatic heterocycles. The lowest BCUT2D eigenvalue weighted by Gasteiger charge is -2.02. The van der Waals surface area contributed by atoms with Gasteiger partial charge in [0.15, 0.2) is 5.84 Å². The molecule has 0 aromatic carbocycles. The molecule has 0 atom stereocenters. The van der Waals surface area contributed by atoms with Crippen molar-refractivity contribution < 1.29 is 4.92 Å². The summed E-state index contributed by atoms with van der Waals surface area (Å²) in [4.78, 5) is 19.7. The molecule has 6 nitrogen and oxygen atoms in total. The van der Waals surface area contributed by atoms with Crippen LogP contribution in [-0.2, 0) is 0 Å². The van der Waals surface area contributed by atoms with Gasteiger partial charge in [-0.1, -0.05) is 0 Å². The van der Waals surface area contributed by atoms with Gasteiger partial charge in [-0.25, -0.2) is 4.99 Å². The summed E-state index contributed by atoms with van der Waals surface area (Å²) in [7, 11) is 3.62. The van der Waals surface area contributed by atoms with Gasteiger partial charge in [0.2, 0.25) is 0 Å². The molecular formula is C8H14N4O2. The molecule has 0 unspecified atom stereocenters. The number of amidine groups is 1. The van der Waals surface area contributed by atoms with Crippen molar-refractivity contribution in [1.82, 2.24) is 4.90 Å². The third-order valence-electron chi connectivity index (χ3n) is 1.59. The number of nitrogens with zero attached hydrogens (tertiary/aromatic N) is 4. The Morgan fingerprint density at radius 1 is 1.64 bits per heavy atom. The van der Waals surface area contributed by atoms with Gasteiger partial charge in [-0.15, -0.1) is 0 Å². The zero-order valence-electron chi connectivity index (χ0n) is 8.38. The van der Waals surface area contributed by atoms with Gasteiger partial charge in [0.25, 0.3) is 6.54 Å². The van der Waals surface area contributed by atoms with Crippen LogP contribution >= 0.6 is 0 Å². The van der Waals surface area contributed by atoms with Crippen LogP contribution in [0.5, 0.6) is 0 Å². The fourth-order valence-corrected chi connectivity index (χ4v) is 0.827. The summed E-state index contributed by atoms with van der Waals surface area (Å²) >= 11 is 0. The van der Waals surface area contributed by atoms with Crippen LogP contribution in [0.4, 0.5) is 0 Å². The molecule has 1 fully saturated rings. The standard InChI is InChI=1S/C8H14N4O2/c1-11(2)6-9-8(5-12(13)14)10-7-3-4-7/h6-7H,3-5H2,1-2H3. The molecule has 14 heavy (non-hydrogen) atoms. The Morgan fingerprint density at radius 2 is 2.29 bits per heavy atom. The lowest BCUT2D eigenvalue weighted by atomic mass is 10.5. The van der Waals surface area contributed by atoms with E-state index in [2.05, 4.69) is 9.98 Å². The summed E-state index contributed by atoms with van der Waals surface area (Å²) in [6.07, 6.45) is 3.59. The lowest BCUT2D eigenvalue weighted by Crippen LogP contribution is -2.16. The van der Waals surface area contributed by atoms with E-state index in [1.165, 1.54) is 6.34 Å². The second kappa shape index (κ2) is 4.69. The predicted molar refractivity (Wildman–Crippen MR) is 54.5 cm³/mol. The van der Waals surface area contributed by atoms with Gasteiger partial charge < -0.3 is 4.90 Å². The van der Waals surface area contributed by atoms with E-state index in [4.69, 9.17) is 0 Å². The fourth-order valence-electron chi connectivity index (χ4n) is 0.827. The van der Waals surface area contributed by atoms with Gasteiger partial charge in [-0.2, -0.15) is 0 Å². The first-order valence-corrected chi connectivity index (χ1v) is 4.47. The van der Waals surface area contributed by atoms with Crippen LogP contribution in [0.25, 0.3) is 0 Å². The maximum Gasteiger partial charge on any atom is 0.262 e. The van der Waals surface area contributed by atoms with E-state index >= 15 is 0 Å². The Hall–Kier alpha value is -1.46. The zero-order valence-corrected chi connectivity index (χ0v) is 8.38. The first-order valence-electron chi connectivity index (χ1n) is 4.47. The van der Waals surface area contributed by atoms with Crippen LogP contribution in [0.1, 0.15) is 12.8 Å². The van der Waals surface area contributed by atoms with Gasteiger partial charge in [0.1, 0.15) is 0 Å². The minimum absolute atomic E-state index is 0.268. The fraction of sp³-hybridized carbons (Fsp3) is 0.750. The van der Waals surface area contributed by atoms with E-state index in [9.17, 15) is 10.1 Å². The van der Waals surface area contributed by atoms with Crippen molar-refractivity contribution >= 4 is 12.2 Å². The smallest absolute Gasteiger partial charge is 0.262 e. The Balaban J connectivity index is 2.56. The highest BCUT2D eigenvalue weighted by molar-refractivity contribution is 5.90. The van der Waals surface area contributed by atoms with Crippen molar-refractivity contribution in [2.45, 2.75) is 18.9 Å². The molecule has 0 spiro atoms. The Labute approximate surface area is 82.5 Å². The molecule has 0 amide bonds. The molecular weight excluding hydrogens is 184 g/mol. The second-order valence-electron chi connectivity index (χ2n) is 3.48. The summed E-state index contributed by atoms with van der Waals surface area (Å²) in [6.45, 7) is -0.291. The molecule has 0 aliphatic heterocycles. The van der Waals surface area contributed by atoms with Crippen LogP contribution < -0.4 is 0 Å². The molecule has 6 heteroatoms. The highest BCUT2D eigenvalue weighted by Crippen LogP contribution is 2.23. The average Bonchev–Trinajstić information content (AvgIpc) is 2.83. The molecule has 0 aromatic rings. The second-order valence-corrected chi connectivity index (χ2v) is 3.48. The minimum atomic E-state index is -0.409. The van der Waals surface area contributed by atoms with Crippen LogP contribution in [0, 0.1) is 10.1 Å². The third kappa shape index (κ3) is 4.54. The van der Waals surface area contributed by atoms with Gasteiger partial charge in [-0.05, 0) is 12.8 Å². The lowest BCUT2D eigenvalue weighted by molar-refractivity contribution is -0.463. The van der Waals surface area contributed by atoms with Crippen LogP contribution in [-0.4, -0.2) is 48.7 Å². The summed E-state index contributed by atoms with van der Waals surface area (Å²) in [5.41, 5.74) is 0. The molecule has 1 aliphatic rings. The molecule has 1 rings (SSSR count). The van der Waals surface area contributed by atoms with Gasteiger partial charge in [0, 0.05) is 19.0 Å². The number of hydrogen-bond donors (Lipinski definition) is 0. The Morgan fingerprint density at radius 3 is 2.71 bits per heavy atom. The summed E-state index contributed by atoms with van der Waals surface area (Å²) in [6, 6.07) is 0.268. The quantitative estimate of drug-likeness (QED) is 0.284. The van der Waals surface area contributed by atoms with Crippen molar-refractivity contribution in [3.63, 3.8) is 0 Å². The molecule has 1 aliphatic carbocycles. The molecule has 0 N–H and O–H groups in total. The summed E-state index contributed by atoms with van der Waals surface area (Å²) in [5, 5.41) is 10.3. The van der Waals surface area contributed by atoms with Crippen molar-refractivity contribution in [3.8, 4) is 0 Å². The molecule has 78 valence electrons. The summed E-state index contributed by atoms with van der Waals surface area (Å²) < 4.78 is 0. The van der Waals surface area contributed by atoms with Gasteiger partial charge >= 0.3 is 0 Å². The SMILES string of the molecule is CN(C)C=NC(C[N+](=O)[O-])=NC1CC1. The molecule has 0 heterocycles. The van der Waals surface area contributed by atoms with E-state index in [0.29, 0.717) is 5.84 Å². The maximum absolute atomic E-state index is 10.3. The van der Waals surface area contributed by atoms with Crippen LogP contribution in [0.3, 0.4) is 0 Å². The van der Waals surface area contributed by atoms with Crippen LogP contribution in [0.15, 0.2) is 9.98 Å². The largest absolute Gasteiger partial charge is 0.369 e. The van der Waals surface area contributed by atoms with Gasteiger partial charge in [-0.3, -0.25) is 15.1 Å². The van der Waals surface area contributed by atoms with Crippen molar-refractivity contribution in [2.75, 3.05) is 20.6 Å². The molecule has 1 saturated carbocycles. The van der Waals surface area contributed by atoms with E-state index < -0.39 is 4.92 Å². The van der Waals surface area contributed by atoms with E-state index in [0.717, 1.165) is 12.8 Å². The van der Waals surface area contributed by atoms with Gasteiger partial charge in [0.05, 0.1) is 12.4 Å². The normalized spacial score (nSPS) is 17.4. The van der Waals surface area contributed by atoms with Crippen molar-refractivity contribution in [2.24, 2.45) is 9.98 Å². The Bertz CT molecular complexity index is 269. The monoisotopic (exact) mass is 198 g/mol. The minimum Gasteiger partial charge on any atom is -0.369 e. The highest BCUT2D eigenvalue weighted by Gasteiger charge is 2.22. The number of hydrogen-bond acceptors (Lipinski definition) is 3. The number of rotatable bonds is 4. The molecule has 0 saturated heterocycles. The van der Waals surface area contributed by atoms with Crippen LogP contribution in [0.2, 0.25) is 0 Å². The summed E-state index contributed by atoms with van der Waals surface area (Å²) in [5.74, 6) is 0.311. The van der Waals surface area contributed by atoms with E-state index in [1.807, 2.05) is 14.1 Å². The average molecular weight is 198 g/mol.